The van der Waals surface area contributed by atoms with Crippen LogP contribution in [-0.4, -0.2) is 58.1 Å². The molecular weight excluding hydrogens is 410 g/mol. The number of aromatic nitrogens is 1. The molecule has 0 unspecified atom stereocenters. The highest BCUT2D eigenvalue weighted by molar-refractivity contribution is 7.89. The van der Waals surface area contributed by atoms with Crippen LogP contribution < -0.4 is 14.4 Å². The highest BCUT2D eigenvalue weighted by atomic mass is 32.2. The Morgan fingerprint density at radius 1 is 0.966 bits per heavy atom. The van der Waals surface area contributed by atoms with Gasteiger partial charge in [0.05, 0.1) is 23.8 Å². The maximum absolute atomic E-state index is 12.9. The van der Waals surface area contributed by atoms with Crippen LogP contribution in [0.1, 0.15) is 5.56 Å². The van der Waals surface area contributed by atoms with E-state index in [0.29, 0.717) is 31.9 Å². The second kappa shape index (κ2) is 7.81. The average Bonchev–Trinajstić information content (AvgIpc) is 3.21. The van der Waals surface area contributed by atoms with Gasteiger partial charge in [-0.1, -0.05) is 17.4 Å². The lowest BCUT2D eigenvalue weighted by Crippen LogP contribution is -2.48. The molecule has 7 nitrogen and oxygen atoms in total. The van der Waals surface area contributed by atoms with Crippen molar-refractivity contribution >= 4 is 36.7 Å². The van der Waals surface area contributed by atoms with Crippen molar-refractivity contribution < 1.29 is 17.9 Å². The summed E-state index contributed by atoms with van der Waals surface area (Å²) in [5.74, 6) is 1.39. The van der Waals surface area contributed by atoms with E-state index < -0.39 is 10.0 Å². The van der Waals surface area contributed by atoms with Crippen LogP contribution >= 0.6 is 11.3 Å². The van der Waals surface area contributed by atoms with Crippen LogP contribution in [0.5, 0.6) is 11.5 Å². The molecule has 2 aromatic carbocycles. The van der Waals surface area contributed by atoms with Crippen molar-refractivity contribution in [3.05, 3.63) is 42.0 Å². The van der Waals surface area contributed by atoms with Gasteiger partial charge in [-0.3, -0.25) is 0 Å². The Morgan fingerprint density at radius 2 is 1.66 bits per heavy atom. The highest BCUT2D eigenvalue weighted by Crippen LogP contribution is 2.36. The molecule has 0 atom stereocenters. The number of nitrogens with zero attached hydrogens (tertiary/aromatic N) is 3. The van der Waals surface area contributed by atoms with E-state index in [2.05, 4.69) is 11.8 Å². The molecule has 2 heterocycles. The second-order valence-electron chi connectivity index (χ2n) is 6.83. The van der Waals surface area contributed by atoms with Crippen molar-refractivity contribution in [2.24, 2.45) is 0 Å². The van der Waals surface area contributed by atoms with Crippen molar-refractivity contribution in [3.8, 4) is 11.5 Å². The molecule has 0 amide bonds. The number of hydrogen-bond acceptors (Lipinski definition) is 7. The standard InChI is InChI=1S/C20H23N3O4S2/c1-14-4-9-17(27-3)18-19(14)28-20(21-18)22-10-12-23(13-11-22)29(24,25)16-7-5-15(26-2)6-8-16/h4-9H,10-13H2,1-3H3. The fourth-order valence-electron chi connectivity index (χ4n) is 3.41. The first-order valence-corrected chi connectivity index (χ1v) is 11.5. The van der Waals surface area contributed by atoms with Gasteiger partial charge in [0, 0.05) is 26.2 Å². The van der Waals surface area contributed by atoms with Gasteiger partial charge in [-0.2, -0.15) is 4.31 Å². The van der Waals surface area contributed by atoms with Gasteiger partial charge < -0.3 is 14.4 Å². The Kier molecular flexibility index (Phi) is 5.37. The molecule has 0 aliphatic carbocycles. The predicted molar refractivity (Wildman–Crippen MR) is 115 cm³/mol. The van der Waals surface area contributed by atoms with E-state index in [1.165, 1.54) is 4.31 Å². The van der Waals surface area contributed by atoms with Gasteiger partial charge in [0.1, 0.15) is 17.0 Å². The van der Waals surface area contributed by atoms with Crippen molar-refractivity contribution in [1.82, 2.24) is 9.29 Å². The Hall–Kier alpha value is -2.36. The fourth-order valence-corrected chi connectivity index (χ4v) is 5.94. The third-order valence-electron chi connectivity index (χ3n) is 5.12. The smallest absolute Gasteiger partial charge is 0.243 e. The number of benzene rings is 2. The molecule has 29 heavy (non-hydrogen) atoms. The van der Waals surface area contributed by atoms with E-state index in [9.17, 15) is 8.42 Å². The van der Waals surface area contributed by atoms with Crippen LogP contribution in [0.2, 0.25) is 0 Å². The zero-order valence-corrected chi connectivity index (χ0v) is 18.2. The van der Waals surface area contributed by atoms with E-state index >= 15 is 0 Å². The van der Waals surface area contributed by atoms with Crippen molar-refractivity contribution in [2.45, 2.75) is 11.8 Å². The first-order chi connectivity index (χ1) is 13.9. The van der Waals surface area contributed by atoms with E-state index in [-0.39, 0.29) is 4.90 Å². The van der Waals surface area contributed by atoms with Crippen molar-refractivity contribution in [1.29, 1.82) is 0 Å². The molecule has 0 N–H and O–H groups in total. The summed E-state index contributed by atoms with van der Waals surface area (Å²) in [5, 5.41) is 0.897. The minimum absolute atomic E-state index is 0.284. The number of anilines is 1. The molecule has 4 rings (SSSR count). The van der Waals surface area contributed by atoms with Crippen LogP contribution in [-0.2, 0) is 10.0 Å². The lowest BCUT2D eigenvalue weighted by Gasteiger charge is -2.33. The number of thiazole rings is 1. The van der Waals surface area contributed by atoms with Gasteiger partial charge in [0.25, 0.3) is 0 Å². The lowest BCUT2D eigenvalue weighted by atomic mass is 10.2. The van der Waals surface area contributed by atoms with E-state index in [1.807, 2.05) is 12.1 Å². The molecule has 9 heteroatoms. The third kappa shape index (κ3) is 3.65. The van der Waals surface area contributed by atoms with Gasteiger partial charge >= 0.3 is 0 Å². The Morgan fingerprint density at radius 3 is 2.28 bits per heavy atom. The average molecular weight is 434 g/mol. The highest BCUT2D eigenvalue weighted by Gasteiger charge is 2.29. The summed E-state index contributed by atoms with van der Waals surface area (Å²) >= 11 is 1.62. The number of ether oxygens (including phenoxy) is 2. The summed E-state index contributed by atoms with van der Waals surface area (Å²) in [4.78, 5) is 7.20. The Balaban J connectivity index is 1.52. The van der Waals surface area contributed by atoms with Gasteiger partial charge in [0.15, 0.2) is 5.13 Å². The third-order valence-corrected chi connectivity index (χ3v) is 8.28. The van der Waals surface area contributed by atoms with Gasteiger partial charge in [-0.15, -0.1) is 0 Å². The normalized spacial score (nSPS) is 15.6. The molecule has 0 spiro atoms. The molecule has 1 aliphatic rings. The topological polar surface area (TPSA) is 72.0 Å². The summed E-state index contributed by atoms with van der Waals surface area (Å²) < 4.78 is 39.1. The minimum Gasteiger partial charge on any atom is -0.497 e. The van der Waals surface area contributed by atoms with Crippen LogP contribution in [0.15, 0.2) is 41.3 Å². The van der Waals surface area contributed by atoms with Gasteiger partial charge in [0.2, 0.25) is 10.0 Å². The maximum atomic E-state index is 12.9. The van der Waals surface area contributed by atoms with E-state index in [0.717, 1.165) is 26.7 Å². The molecular formula is C20H23N3O4S2. The SMILES string of the molecule is COc1ccc(S(=O)(=O)N2CCN(c3nc4c(OC)ccc(C)c4s3)CC2)cc1. The van der Waals surface area contributed by atoms with Crippen LogP contribution in [0.4, 0.5) is 5.13 Å². The van der Waals surface area contributed by atoms with Crippen LogP contribution in [0.3, 0.4) is 0 Å². The molecule has 3 aromatic rings. The zero-order chi connectivity index (χ0) is 20.6. The van der Waals surface area contributed by atoms with Crippen LogP contribution in [0.25, 0.3) is 10.2 Å². The largest absolute Gasteiger partial charge is 0.497 e. The van der Waals surface area contributed by atoms with Crippen molar-refractivity contribution in [3.63, 3.8) is 0 Å². The van der Waals surface area contributed by atoms with E-state index in [1.54, 1.807) is 49.8 Å². The summed E-state index contributed by atoms with van der Waals surface area (Å²) in [5.41, 5.74) is 2.02. The summed E-state index contributed by atoms with van der Waals surface area (Å²) in [6.07, 6.45) is 0. The molecule has 0 bridgehead atoms. The lowest BCUT2D eigenvalue weighted by molar-refractivity contribution is 0.384. The molecule has 1 aromatic heterocycles. The maximum Gasteiger partial charge on any atom is 0.243 e. The molecule has 0 radical (unpaired) electrons. The number of hydrogen-bond donors (Lipinski definition) is 0. The second-order valence-corrected chi connectivity index (χ2v) is 9.74. The number of aryl methyl sites for hydroxylation is 1. The summed E-state index contributed by atoms with van der Waals surface area (Å²) in [7, 11) is -0.318. The molecule has 0 saturated carbocycles. The summed E-state index contributed by atoms with van der Waals surface area (Å²) in [6.45, 7) is 4.08. The Bertz CT molecular complexity index is 1120. The van der Waals surface area contributed by atoms with E-state index in [4.69, 9.17) is 14.5 Å². The van der Waals surface area contributed by atoms with Crippen LogP contribution in [0, 0.1) is 6.92 Å². The number of piperazine rings is 1. The molecule has 1 aliphatic heterocycles. The quantitative estimate of drug-likeness (QED) is 0.616. The number of rotatable bonds is 5. The number of fused-ring (bicyclic) bond motifs is 1. The monoisotopic (exact) mass is 433 g/mol. The molecule has 1 saturated heterocycles. The number of sulfonamides is 1. The zero-order valence-electron chi connectivity index (χ0n) is 16.6. The first-order valence-electron chi connectivity index (χ1n) is 9.27. The first kappa shape index (κ1) is 19.9. The van der Waals surface area contributed by atoms with Gasteiger partial charge in [-0.05, 0) is 42.8 Å². The van der Waals surface area contributed by atoms with Gasteiger partial charge in [-0.25, -0.2) is 13.4 Å². The minimum atomic E-state index is -3.52. The summed E-state index contributed by atoms with van der Waals surface area (Å²) in [6, 6.07) is 10.5. The molecule has 1 fully saturated rings. The molecule has 154 valence electrons. The Labute approximate surface area is 174 Å². The fraction of sp³-hybridized carbons (Fsp3) is 0.350. The predicted octanol–water partition coefficient (Wildman–Crippen LogP) is 3.13. The van der Waals surface area contributed by atoms with Crippen molar-refractivity contribution in [2.75, 3.05) is 45.3 Å². The number of methoxy groups -OCH3 is 2.